The molecule has 0 aliphatic rings. The largest absolute Gasteiger partial charge is 0.497 e. The highest BCUT2D eigenvalue weighted by atomic mass is 127. The maximum atomic E-state index is 12.1. The zero-order chi connectivity index (χ0) is 18.0. The second-order valence-electron chi connectivity index (χ2n) is 4.78. The first-order valence-corrected chi connectivity index (χ1v) is 7.29. The van der Waals surface area contributed by atoms with E-state index in [4.69, 9.17) is 4.74 Å². The summed E-state index contributed by atoms with van der Waals surface area (Å²) in [6.07, 6.45) is -5.16. The Morgan fingerprint density at radius 2 is 1.80 bits per heavy atom. The van der Waals surface area contributed by atoms with Crippen LogP contribution < -0.4 is 20.7 Å². The Kier molecular flexibility index (Phi) is 11.0. The highest BCUT2D eigenvalue weighted by Crippen LogP contribution is 2.18. The van der Waals surface area contributed by atoms with Crippen molar-refractivity contribution >= 4 is 35.8 Å². The van der Waals surface area contributed by atoms with Crippen molar-refractivity contribution in [3.8, 4) is 5.75 Å². The molecule has 142 valence electrons. The van der Waals surface area contributed by atoms with Crippen molar-refractivity contribution in [3.05, 3.63) is 29.8 Å². The van der Waals surface area contributed by atoms with Crippen LogP contribution >= 0.6 is 24.0 Å². The molecule has 0 aromatic heterocycles. The number of hydrogen-bond acceptors (Lipinski definition) is 3. The number of nitrogens with one attached hydrogen (secondary N) is 3. The Hall–Kier alpha value is -1.72. The fourth-order valence-electron chi connectivity index (χ4n) is 1.77. The van der Waals surface area contributed by atoms with Gasteiger partial charge >= 0.3 is 6.18 Å². The zero-order valence-corrected chi connectivity index (χ0v) is 16.3. The van der Waals surface area contributed by atoms with Gasteiger partial charge in [-0.3, -0.25) is 9.79 Å². The molecule has 1 rings (SSSR count). The van der Waals surface area contributed by atoms with Gasteiger partial charge in [-0.05, 0) is 18.2 Å². The first-order chi connectivity index (χ1) is 11.4. The van der Waals surface area contributed by atoms with Crippen LogP contribution in [0.4, 0.5) is 13.2 Å². The standard InChI is InChI=1S/C15H21F3N4O2.HI/c1-19-14(21-7-6-15(16,17)18)22-9-8-20-13(23)11-4-3-5-12(10-11)24-2;/h3-5,10H,6-9H2,1-2H3,(H,20,23)(H2,19,21,22);1H. The molecule has 0 unspecified atom stereocenters. The Morgan fingerprint density at radius 3 is 2.40 bits per heavy atom. The molecule has 1 aromatic carbocycles. The van der Waals surface area contributed by atoms with Crippen LogP contribution in [0.25, 0.3) is 0 Å². The van der Waals surface area contributed by atoms with Gasteiger partial charge in [0.15, 0.2) is 5.96 Å². The lowest BCUT2D eigenvalue weighted by molar-refractivity contribution is -0.132. The summed E-state index contributed by atoms with van der Waals surface area (Å²) < 4.78 is 41.2. The van der Waals surface area contributed by atoms with Gasteiger partial charge < -0.3 is 20.7 Å². The number of hydrogen-bond donors (Lipinski definition) is 3. The van der Waals surface area contributed by atoms with Gasteiger partial charge in [0.05, 0.1) is 13.5 Å². The van der Waals surface area contributed by atoms with E-state index >= 15 is 0 Å². The number of rotatable bonds is 7. The quantitative estimate of drug-likeness (QED) is 0.245. The van der Waals surface area contributed by atoms with Crippen LogP contribution in [0, 0.1) is 0 Å². The molecule has 0 bridgehead atoms. The van der Waals surface area contributed by atoms with E-state index in [1.165, 1.54) is 14.2 Å². The molecule has 1 amide bonds. The third-order valence-electron chi connectivity index (χ3n) is 2.96. The summed E-state index contributed by atoms with van der Waals surface area (Å²) in [4.78, 5) is 15.7. The minimum atomic E-state index is -4.21. The number of ether oxygens (including phenoxy) is 1. The van der Waals surface area contributed by atoms with Crippen LogP contribution in [0.3, 0.4) is 0 Å². The lowest BCUT2D eigenvalue weighted by Gasteiger charge is -2.13. The van der Waals surface area contributed by atoms with Crippen molar-refractivity contribution < 1.29 is 22.7 Å². The van der Waals surface area contributed by atoms with E-state index in [0.29, 0.717) is 17.9 Å². The van der Waals surface area contributed by atoms with Gasteiger partial charge in [0.25, 0.3) is 5.91 Å². The molecule has 1 aromatic rings. The monoisotopic (exact) mass is 474 g/mol. The number of benzene rings is 1. The predicted octanol–water partition coefficient (Wildman–Crippen LogP) is 2.16. The summed E-state index contributed by atoms with van der Waals surface area (Å²) in [5, 5.41) is 8.06. The van der Waals surface area contributed by atoms with E-state index < -0.39 is 12.6 Å². The number of aliphatic imine (C=N–C) groups is 1. The molecule has 0 aliphatic carbocycles. The Bertz CT molecular complexity index is 568. The molecular weight excluding hydrogens is 452 g/mol. The Morgan fingerprint density at radius 1 is 1.16 bits per heavy atom. The normalized spacial score (nSPS) is 11.3. The van der Waals surface area contributed by atoms with Gasteiger partial charge in [-0.2, -0.15) is 13.2 Å². The molecule has 0 saturated heterocycles. The lowest BCUT2D eigenvalue weighted by atomic mass is 10.2. The second kappa shape index (κ2) is 11.8. The predicted molar refractivity (Wildman–Crippen MR) is 101 cm³/mol. The van der Waals surface area contributed by atoms with Crippen LogP contribution in [0.2, 0.25) is 0 Å². The minimum absolute atomic E-state index is 0. The van der Waals surface area contributed by atoms with Gasteiger partial charge in [0.2, 0.25) is 0 Å². The molecule has 0 aliphatic heterocycles. The topological polar surface area (TPSA) is 74.8 Å². The van der Waals surface area contributed by atoms with E-state index in [1.807, 2.05) is 0 Å². The molecule has 25 heavy (non-hydrogen) atoms. The number of guanidine groups is 1. The molecule has 0 saturated carbocycles. The van der Waals surface area contributed by atoms with Crippen LogP contribution in [-0.2, 0) is 0 Å². The maximum absolute atomic E-state index is 12.1. The molecule has 0 spiro atoms. The third-order valence-corrected chi connectivity index (χ3v) is 2.96. The van der Waals surface area contributed by atoms with E-state index in [-0.39, 0.29) is 48.9 Å². The maximum Gasteiger partial charge on any atom is 0.390 e. The molecule has 6 nitrogen and oxygen atoms in total. The minimum Gasteiger partial charge on any atom is -0.497 e. The van der Waals surface area contributed by atoms with Crippen molar-refractivity contribution in [2.75, 3.05) is 33.8 Å². The average molecular weight is 474 g/mol. The smallest absolute Gasteiger partial charge is 0.390 e. The SMILES string of the molecule is CN=C(NCCNC(=O)c1cccc(OC)c1)NCCC(F)(F)F.I. The number of carbonyl (C=O) groups is 1. The summed E-state index contributed by atoms with van der Waals surface area (Å²) in [5.74, 6) is 0.556. The summed E-state index contributed by atoms with van der Waals surface area (Å²) in [6.45, 7) is 0.344. The molecule has 0 atom stereocenters. The van der Waals surface area contributed by atoms with E-state index in [9.17, 15) is 18.0 Å². The Labute approximate surface area is 161 Å². The molecule has 10 heteroatoms. The molecule has 3 N–H and O–H groups in total. The molecule has 0 heterocycles. The first-order valence-electron chi connectivity index (χ1n) is 7.29. The van der Waals surface area contributed by atoms with E-state index in [1.54, 1.807) is 24.3 Å². The van der Waals surface area contributed by atoms with Crippen molar-refractivity contribution in [2.45, 2.75) is 12.6 Å². The van der Waals surface area contributed by atoms with Gasteiger partial charge in [-0.25, -0.2) is 0 Å². The van der Waals surface area contributed by atoms with Crippen LogP contribution in [0.15, 0.2) is 29.3 Å². The van der Waals surface area contributed by atoms with Crippen molar-refractivity contribution in [1.29, 1.82) is 0 Å². The number of halogens is 4. The molecule has 0 radical (unpaired) electrons. The van der Waals surface area contributed by atoms with Gasteiger partial charge in [-0.15, -0.1) is 24.0 Å². The lowest BCUT2D eigenvalue weighted by Crippen LogP contribution is -2.42. The summed E-state index contributed by atoms with van der Waals surface area (Å²) >= 11 is 0. The second-order valence-corrected chi connectivity index (χ2v) is 4.78. The third kappa shape index (κ3) is 9.99. The first kappa shape index (κ1) is 23.3. The van der Waals surface area contributed by atoms with Gasteiger partial charge in [-0.1, -0.05) is 6.07 Å². The van der Waals surface area contributed by atoms with Crippen molar-refractivity contribution in [1.82, 2.24) is 16.0 Å². The number of methoxy groups -OCH3 is 1. The summed E-state index contributed by atoms with van der Waals surface area (Å²) in [6, 6.07) is 6.71. The fourth-order valence-corrected chi connectivity index (χ4v) is 1.77. The molecule has 0 fully saturated rings. The summed E-state index contributed by atoms with van der Waals surface area (Å²) in [5.41, 5.74) is 0.460. The number of nitrogens with zero attached hydrogens (tertiary/aromatic N) is 1. The van der Waals surface area contributed by atoms with E-state index in [2.05, 4.69) is 20.9 Å². The highest BCUT2D eigenvalue weighted by molar-refractivity contribution is 14.0. The zero-order valence-electron chi connectivity index (χ0n) is 13.9. The van der Waals surface area contributed by atoms with Crippen LogP contribution in [-0.4, -0.2) is 51.8 Å². The van der Waals surface area contributed by atoms with Crippen molar-refractivity contribution in [3.63, 3.8) is 0 Å². The number of alkyl halides is 3. The average Bonchev–Trinajstić information content (AvgIpc) is 2.55. The van der Waals surface area contributed by atoms with E-state index in [0.717, 1.165) is 0 Å². The number of carbonyl (C=O) groups excluding carboxylic acids is 1. The Balaban J connectivity index is 0.00000576. The van der Waals surface area contributed by atoms with Gasteiger partial charge in [0.1, 0.15) is 5.75 Å². The van der Waals surface area contributed by atoms with Crippen molar-refractivity contribution in [2.24, 2.45) is 4.99 Å². The van der Waals surface area contributed by atoms with Crippen LogP contribution in [0.1, 0.15) is 16.8 Å². The highest BCUT2D eigenvalue weighted by Gasteiger charge is 2.26. The number of amides is 1. The fraction of sp³-hybridized carbons (Fsp3) is 0.467. The van der Waals surface area contributed by atoms with Gasteiger partial charge in [0, 0.05) is 32.2 Å². The van der Waals surface area contributed by atoms with Crippen LogP contribution in [0.5, 0.6) is 5.75 Å². The summed E-state index contributed by atoms with van der Waals surface area (Å²) in [7, 11) is 2.97. The molecular formula is C15H22F3IN4O2.